The monoisotopic (exact) mass is 218 g/mol. The van der Waals surface area contributed by atoms with Crippen LogP contribution in [0.4, 0.5) is 0 Å². The van der Waals surface area contributed by atoms with Gasteiger partial charge in [-0.25, -0.2) is 0 Å². The summed E-state index contributed by atoms with van der Waals surface area (Å²) in [4.78, 5) is 21.0. The molecule has 0 aromatic carbocycles. The molecule has 5 heteroatoms. The van der Waals surface area contributed by atoms with Crippen molar-refractivity contribution in [1.29, 1.82) is 0 Å². The van der Waals surface area contributed by atoms with Gasteiger partial charge in [-0.05, 0) is 6.42 Å². The maximum atomic E-state index is 10.6. The van der Waals surface area contributed by atoms with Crippen LogP contribution in [0.3, 0.4) is 0 Å². The summed E-state index contributed by atoms with van der Waals surface area (Å²) < 4.78 is 5.09. The summed E-state index contributed by atoms with van der Waals surface area (Å²) in [6.07, 6.45) is 0.248. The zero-order valence-electron chi connectivity index (χ0n) is 8.83. The first-order chi connectivity index (χ1) is 7.21. The lowest BCUT2D eigenvalue weighted by Gasteiger charge is -2.21. The number of hydrogen-bond acceptors (Lipinski definition) is 5. The molecule has 0 radical (unpaired) electrons. The van der Waals surface area contributed by atoms with Crippen molar-refractivity contribution in [2.75, 3.05) is 13.2 Å². The van der Waals surface area contributed by atoms with Crippen LogP contribution in [0.1, 0.15) is 19.8 Å². The van der Waals surface area contributed by atoms with Crippen LogP contribution in [0, 0.1) is 5.92 Å². The number of aldehydes is 2. The Morgan fingerprint density at radius 1 is 1.33 bits per heavy atom. The van der Waals surface area contributed by atoms with Gasteiger partial charge in [0.25, 0.3) is 0 Å². The summed E-state index contributed by atoms with van der Waals surface area (Å²) in [5.74, 6) is -0.971. The second-order valence-corrected chi connectivity index (χ2v) is 3.30. The van der Waals surface area contributed by atoms with Crippen LogP contribution in [-0.4, -0.2) is 48.2 Å². The molecule has 0 fully saturated rings. The second kappa shape index (κ2) is 8.52. The topological polar surface area (TPSA) is 83.8 Å². The highest BCUT2D eigenvalue weighted by Crippen LogP contribution is 2.08. The van der Waals surface area contributed by atoms with E-state index >= 15 is 0 Å². The van der Waals surface area contributed by atoms with E-state index in [0.29, 0.717) is 19.2 Å². The fourth-order valence-corrected chi connectivity index (χ4v) is 1.06. The van der Waals surface area contributed by atoms with Crippen molar-refractivity contribution in [3.63, 3.8) is 0 Å². The average molecular weight is 218 g/mol. The van der Waals surface area contributed by atoms with E-state index in [1.807, 2.05) is 6.92 Å². The molecule has 0 aliphatic carbocycles. The first kappa shape index (κ1) is 14.2. The van der Waals surface area contributed by atoms with Crippen molar-refractivity contribution < 1.29 is 24.5 Å². The number of hydrogen-bond donors (Lipinski definition) is 2. The first-order valence-electron chi connectivity index (χ1n) is 5.02. The number of aliphatic hydroxyl groups excluding tert-OH is 2. The summed E-state index contributed by atoms with van der Waals surface area (Å²) >= 11 is 0. The molecule has 0 aromatic heterocycles. The van der Waals surface area contributed by atoms with E-state index in [1.165, 1.54) is 0 Å². The van der Waals surface area contributed by atoms with Gasteiger partial charge in [-0.2, -0.15) is 0 Å². The molecule has 0 spiro atoms. The van der Waals surface area contributed by atoms with Gasteiger partial charge >= 0.3 is 0 Å². The van der Waals surface area contributed by atoms with Crippen molar-refractivity contribution in [3.8, 4) is 0 Å². The summed E-state index contributed by atoms with van der Waals surface area (Å²) in [5, 5.41) is 18.3. The van der Waals surface area contributed by atoms with Gasteiger partial charge in [0, 0.05) is 6.61 Å². The Bertz CT molecular complexity index is 183. The lowest BCUT2D eigenvalue weighted by atomic mass is 10.0. The number of aliphatic hydroxyl groups is 2. The summed E-state index contributed by atoms with van der Waals surface area (Å²) in [6.45, 7) is 1.83. The molecular weight excluding hydrogens is 200 g/mol. The van der Waals surface area contributed by atoms with Gasteiger partial charge in [0.1, 0.15) is 12.4 Å². The van der Waals surface area contributed by atoms with E-state index < -0.39 is 24.7 Å². The molecule has 0 saturated carbocycles. The van der Waals surface area contributed by atoms with Gasteiger partial charge in [-0.3, -0.25) is 0 Å². The van der Waals surface area contributed by atoms with Crippen LogP contribution in [0.25, 0.3) is 0 Å². The fourth-order valence-electron chi connectivity index (χ4n) is 1.06. The first-order valence-corrected chi connectivity index (χ1v) is 5.02. The number of carbonyl (C=O) groups excluding carboxylic acids is 2. The molecule has 5 nitrogen and oxygen atoms in total. The molecule has 15 heavy (non-hydrogen) atoms. The Labute approximate surface area is 89.0 Å². The van der Waals surface area contributed by atoms with E-state index in [-0.39, 0.29) is 0 Å². The van der Waals surface area contributed by atoms with Crippen molar-refractivity contribution in [2.45, 2.75) is 32.0 Å². The van der Waals surface area contributed by atoms with Crippen LogP contribution >= 0.6 is 0 Å². The van der Waals surface area contributed by atoms with Gasteiger partial charge in [0.15, 0.2) is 6.29 Å². The van der Waals surface area contributed by atoms with E-state index in [2.05, 4.69) is 0 Å². The van der Waals surface area contributed by atoms with Crippen molar-refractivity contribution in [2.24, 2.45) is 5.92 Å². The molecule has 0 aromatic rings. The van der Waals surface area contributed by atoms with E-state index in [4.69, 9.17) is 9.84 Å². The summed E-state index contributed by atoms with van der Waals surface area (Å²) in [5.41, 5.74) is 0. The number of unbranched alkanes of at least 4 members (excludes halogenated alkanes) is 1. The predicted molar refractivity (Wildman–Crippen MR) is 53.4 cm³/mol. The van der Waals surface area contributed by atoms with Crippen molar-refractivity contribution in [3.05, 3.63) is 0 Å². The molecule has 0 rings (SSSR count). The summed E-state index contributed by atoms with van der Waals surface area (Å²) in [6, 6.07) is 0. The zero-order chi connectivity index (χ0) is 11.7. The SMILES string of the molecule is CCCCO[C@H](C=O)C(O)C(C=O)CO. The smallest absolute Gasteiger partial charge is 0.151 e. The number of ether oxygens (including phenoxy) is 1. The fraction of sp³-hybridized carbons (Fsp3) is 0.800. The molecule has 3 atom stereocenters. The van der Waals surface area contributed by atoms with Crippen LogP contribution in [0.2, 0.25) is 0 Å². The minimum Gasteiger partial charge on any atom is -0.396 e. The quantitative estimate of drug-likeness (QED) is 0.404. The Hall–Kier alpha value is -0.780. The highest BCUT2D eigenvalue weighted by molar-refractivity contribution is 5.61. The maximum Gasteiger partial charge on any atom is 0.151 e. The third-order valence-electron chi connectivity index (χ3n) is 2.10. The van der Waals surface area contributed by atoms with E-state index in [0.717, 1.165) is 12.8 Å². The molecule has 0 bridgehead atoms. The third-order valence-corrected chi connectivity index (χ3v) is 2.10. The molecule has 0 aliphatic heterocycles. The summed E-state index contributed by atoms with van der Waals surface area (Å²) in [7, 11) is 0. The van der Waals surface area contributed by atoms with Gasteiger partial charge in [0.05, 0.1) is 18.6 Å². The van der Waals surface area contributed by atoms with Gasteiger partial charge in [-0.15, -0.1) is 0 Å². The predicted octanol–water partition coefficient (Wildman–Crippen LogP) is -0.461. The van der Waals surface area contributed by atoms with Crippen molar-refractivity contribution in [1.82, 2.24) is 0 Å². The minimum atomic E-state index is -1.28. The lowest BCUT2D eigenvalue weighted by molar-refractivity contribution is -0.134. The number of carbonyl (C=O) groups is 2. The normalized spacial score (nSPS) is 16.7. The highest BCUT2D eigenvalue weighted by atomic mass is 16.5. The largest absolute Gasteiger partial charge is 0.396 e. The maximum absolute atomic E-state index is 10.6. The highest BCUT2D eigenvalue weighted by Gasteiger charge is 2.27. The van der Waals surface area contributed by atoms with Gasteiger partial charge in [-0.1, -0.05) is 13.3 Å². The van der Waals surface area contributed by atoms with Gasteiger partial charge < -0.3 is 24.5 Å². The zero-order valence-corrected chi connectivity index (χ0v) is 8.83. The molecule has 88 valence electrons. The van der Waals surface area contributed by atoms with E-state index in [9.17, 15) is 14.7 Å². The Kier molecular flexibility index (Phi) is 8.08. The standard InChI is InChI=1S/C10H18O5/c1-2-3-4-15-9(7-13)10(14)8(5-11)6-12/h5,7-10,12,14H,2-4,6H2,1H3/t8?,9-,10?/m1/s1. The second-order valence-electron chi connectivity index (χ2n) is 3.30. The molecule has 0 heterocycles. The average Bonchev–Trinajstić information content (AvgIpc) is 2.26. The Morgan fingerprint density at radius 2 is 2.00 bits per heavy atom. The Morgan fingerprint density at radius 3 is 2.40 bits per heavy atom. The molecule has 0 saturated heterocycles. The molecule has 2 unspecified atom stereocenters. The van der Waals surface area contributed by atoms with Crippen LogP contribution in [-0.2, 0) is 14.3 Å². The lowest BCUT2D eigenvalue weighted by Crippen LogP contribution is -2.39. The van der Waals surface area contributed by atoms with Gasteiger partial charge in [0.2, 0.25) is 0 Å². The van der Waals surface area contributed by atoms with E-state index in [1.54, 1.807) is 0 Å². The van der Waals surface area contributed by atoms with Crippen LogP contribution in [0.5, 0.6) is 0 Å². The van der Waals surface area contributed by atoms with Crippen LogP contribution in [0.15, 0.2) is 0 Å². The van der Waals surface area contributed by atoms with Crippen LogP contribution < -0.4 is 0 Å². The molecule has 2 N–H and O–H groups in total. The molecule has 0 aliphatic rings. The number of rotatable bonds is 9. The molecular formula is C10H18O5. The molecule has 0 amide bonds. The van der Waals surface area contributed by atoms with Crippen molar-refractivity contribution >= 4 is 12.6 Å². The Balaban J connectivity index is 4.12. The minimum absolute atomic E-state index is 0.355. The third kappa shape index (κ3) is 5.01.